The normalized spacial score (nSPS) is 12.0. The molecule has 0 saturated carbocycles. The molecular formula is C14H19NO. The average Bonchev–Trinajstić information content (AvgIpc) is 2.30. The summed E-state index contributed by atoms with van der Waals surface area (Å²) in [5, 5.41) is 3.86. The van der Waals surface area contributed by atoms with Gasteiger partial charge in [0.2, 0.25) is 0 Å². The molecule has 1 rings (SSSR count). The lowest BCUT2D eigenvalue weighted by Gasteiger charge is -1.96. The van der Waals surface area contributed by atoms with Crippen LogP contribution in [0.1, 0.15) is 25.3 Å². The molecule has 0 radical (unpaired) electrons. The summed E-state index contributed by atoms with van der Waals surface area (Å²) in [5.74, 6) is 0. The van der Waals surface area contributed by atoms with Crippen molar-refractivity contribution >= 4 is 5.71 Å². The molecule has 0 heterocycles. The van der Waals surface area contributed by atoms with E-state index in [0.717, 1.165) is 25.0 Å². The largest absolute Gasteiger partial charge is 0.399 e. The summed E-state index contributed by atoms with van der Waals surface area (Å²) in [7, 11) is 1.58. The van der Waals surface area contributed by atoms with Gasteiger partial charge in [0.1, 0.15) is 7.11 Å². The molecule has 0 bridgehead atoms. The number of hydrogen-bond acceptors (Lipinski definition) is 2. The lowest BCUT2D eigenvalue weighted by atomic mass is 10.1. The predicted octanol–water partition coefficient (Wildman–Crippen LogP) is 3.59. The molecule has 2 heteroatoms. The highest BCUT2D eigenvalue weighted by atomic mass is 16.6. The third kappa shape index (κ3) is 5.35. The lowest BCUT2D eigenvalue weighted by molar-refractivity contribution is 0.212. The third-order valence-corrected chi connectivity index (χ3v) is 2.28. The van der Waals surface area contributed by atoms with Crippen molar-refractivity contribution in [2.45, 2.75) is 26.2 Å². The summed E-state index contributed by atoms with van der Waals surface area (Å²) in [4.78, 5) is 4.69. The maximum absolute atomic E-state index is 4.69. The van der Waals surface area contributed by atoms with Crippen LogP contribution >= 0.6 is 0 Å². The van der Waals surface area contributed by atoms with Gasteiger partial charge < -0.3 is 4.84 Å². The van der Waals surface area contributed by atoms with Crippen molar-refractivity contribution < 1.29 is 4.84 Å². The standard InChI is InChI=1S/C14H19NO/c1-13(15-16-2)9-5-3-6-10-14-11-7-4-8-12-14/h3-4,6-8,11-12H,5,9-10H2,1-2H3. The molecule has 1 aromatic carbocycles. The summed E-state index contributed by atoms with van der Waals surface area (Å²) in [6.07, 6.45) is 7.38. The van der Waals surface area contributed by atoms with Crippen molar-refractivity contribution in [1.29, 1.82) is 0 Å². The second-order valence-corrected chi connectivity index (χ2v) is 3.71. The lowest BCUT2D eigenvalue weighted by Crippen LogP contribution is -1.90. The molecule has 0 aliphatic carbocycles. The molecule has 0 amide bonds. The third-order valence-electron chi connectivity index (χ3n) is 2.28. The Balaban J connectivity index is 2.21. The van der Waals surface area contributed by atoms with E-state index in [1.54, 1.807) is 7.11 Å². The summed E-state index contributed by atoms with van der Waals surface area (Å²) < 4.78 is 0. The van der Waals surface area contributed by atoms with E-state index in [9.17, 15) is 0 Å². The summed E-state index contributed by atoms with van der Waals surface area (Å²) >= 11 is 0. The van der Waals surface area contributed by atoms with Crippen molar-refractivity contribution in [3.63, 3.8) is 0 Å². The first-order valence-electron chi connectivity index (χ1n) is 5.58. The van der Waals surface area contributed by atoms with Crippen LogP contribution in [0.25, 0.3) is 0 Å². The van der Waals surface area contributed by atoms with Crippen molar-refractivity contribution in [1.82, 2.24) is 0 Å². The van der Waals surface area contributed by atoms with Gasteiger partial charge in [-0.15, -0.1) is 0 Å². The average molecular weight is 217 g/mol. The SMILES string of the molecule is CON=C(C)CCC=CCc1ccccc1. The highest BCUT2D eigenvalue weighted by Crippen LogP contribution is 2.01. The highest BCUT2D eigenvalue weighted by molar-refractivity contribution is 5.81. The topological polar surface area (TPSA) is 21.6 Å². The maximum atomic E-state index is 4.69. The first-order chi connectivity index (χ1) is 7.83. The van der Waals surface area contributed by atoms with Crippen molar-refractivity contribution in [3.8, 4) is 0 Å². The van der Waals surface area contributed by atoms with Gasteiger partial charge in [0.25, 0.3) is 0 Å². The summed E-state index contributed by atoms with van der Waals surface area (Å²) in [6.45, 7) is 1.98. The van der Waals surface area contributed by atoms with Gasteiger partial charge in [0, 0.05) is 0 Å². The van der Waals surface area contributed by atoms with E-state index in [-0.39, 0.29) is 0 Å². The van der Waals surface area contributed by atoms with Gasteiger partial charge in [-0.25, -0.2) is 0 Å². The predicted molar refractivity (Wildman–Crippen MR) is 68.6 cm³/mol. The van der Waals surface area contributed by atoms with E-state index >= 15 is 0 Å². The van der Waals surface area contributed by atoms with Crippen LogP contribution in [0.2, 0.25) is 0 Å². The molecule has 86 valence electrons. The quantitative estimate of drug-likeness (QED) is 0.405. The highest BCUT2D eigenvalue weighted by Gasteiger charge is 1.90. The molecule has 0 N–H and O–H groups in total. The summed E-state index contributed by atoms with van der Waals surface area (Å²) in [6, 6.07) is 10.5. The fraction of sp³-hybridized carbons (Fsp3) is 0.357. The Morgan fingerprint density at radius 3 is 2.69 bits per heavy atom. The maximum Gasteiger partial charge on any atom is 0.106 e. The van der Waals surface area contributed by atoms with Crippen LogP contribution in [0, 0.1) is 0 Å². The second kappa shape index (κ2) is 7.69. The Hall–Kier alpha value is -1.57. The van der Waals surface area contributed by atoms with E-state index in [4.69, 9.17) is 4.84 Å². The zero-order valence-corrected chi connectivity index (χ0v) is 10.0. The molecule has 0 fully saturated rings. The molecule has 0 aliphatic heterocycles. The number of benzene rings is 1. The number of allylic oxidation sites excluding steroid dienone is 2. The number of rotatable bonds is 6. The van der Waals surface area contributed by atoms with Crippen LogP contribution in [0.3, 0.4) is 0 Å². The van der Waals surface area contributed by atoms with Crippen LogP contribution in [0.4, 0.5) is 0 Å². The van der Waals surface area contributed by atoms with Crippen molar-refractivity contribution in [3.05, 3.63) is 48.0 Å². The molecule has 0 aromatic heterocycles. The Morgan fingerprint density at radius 1 is 1.25 bits per heavy atom. The first kappa shape index (κ1) is 12.5. The number of nitrogens with zero attached hydrogens (tertiary/aromatic N) is 1. The Bertz CT molecular complexity index is 341. The molecular weight excluding hydrogens is 198 g/mol. The monoisotopic (exact) mass is 217 g/mol. The van der Waals surface area contributed by atoms with Crippen LogP contribution in [-0.2, 0) is 11.3 Å². The van der Waals surface area contributed by atoms with Gasteiger partial charge in [0.15, 0.2) is 0 Å². The van der Waals surface area contributed by atoms with E-state index in [1.165, 1.54) is 5.56 Å². The number of hydrogen-bond donors (Lipinski definition) is 0. The van der Waals surface area contributed by atoms with Crippen LogP contribution < -0.4 is 0 Å². The molecule has 0 unspecified atom stereocenters. The van der Waals surface area contributed by atoms with Gasteiger partial charge in [-0.2, -0.15) is 0 Å². The molecule has 0 aliphatic rings. The fourth-order valence-electron chi connectivity index (χ4n) is 1.45. The Labute approximate surface area is 97.6 Å². The van der Waals surface area contributed by atoms with Gasteiger partial charge in [0.05, 0.1) is 5.71 Å². The summed E-state index contributed by atoms with van der Waals surface area (Å²) in [5.41, 5.74) is 2.38. The van der Waals surface area contributed by atoms with E-state index in [1.807, 2.05) is 13.0 Å². The number of oxime groups is 1. The molecule has 0 saturated heterocycles. The molecule has 0 atom stereocenters. The Kier molecular flexibility index (Phi) is 6.00. The van der Waals surface area contributed by atoms with Crippen LogP contribution in [0.5, 0.6) is 0 Å². The van der Waals surface area contributed by atoms with Gasteiger partial charge in [-0.3, -0.25) is 0 Å². The van der Waals surface area contributed by atoms with E-state index in [0.29, 0.717) is 0 Å². The minimum atomic E-state index is 0.957. The second-order valence-electron chi connectivity index (χ2n) is 3.71. The molecule has 2 nitrogen and oxygen atoms in total. The van der Waals surface area contributed by atoms with E-state index < -0.39 is 0 Å². The minimum Gasteiger partial charge on any atom is -0.399 e. The van der Waals surface area contributed by atoms with Crippen LogP contribution in [-0.4, -0.2) is 12.8 Å². The minimum absolute atomic E-state index is 0.957. The zero-order chi connectivity index (χ0) is 11.6. The Morgan fingerprint density at radius 2 is 2.00 bits per heavy atom. The van der Waals surface area contributed by atoms with Crippen molar-refractivity contribution in [2.24, 2.45) is 5.16 Å². The van der Waals surface area contributed by atoms with Crippen LogP contribution in [0.15, 0.2) is 47.6 Å². The van der Waals surface area contributed by atoms with Gasteiger partial charge in [-0.05, 0) is 31.7 Å². The zero-order valence-electron chi connectivity index (χ0n) is 10.0. The molecule has 0 spiro atoms. The molecule has 1 aromatic rings. The van der Waals surface area contributed by atoms with Crippen molar-refractivity contribution in [2.75, 3.05) is 7.11 Å². The fourth-order valence-corrected chi connectivity index (χ4v) is 1.45. The van der Waals surface area contributed by atoms with E-state index in [2.05, 4.69) is 41.6 Å². The first-order valence-corrected chi connectivity index (χ1v) is 5.58. The van der Waals surface area contributed by atoms with Gasteiger partial charge >= 0.3 is 0 Å². The smallest absolute Gasteiger partial charge is 0.106 e. The molecule has 16 heavy (non-hydrogen) atoms. The van der Waals surface area contributed by atoms with Gasteiger partial charge in [-0.1, -0.05) is 47.6 Å².